The van der Waals surface area contributed by atoms with Gasteiger partial charge in [-0.05, 0) is 48.6 Å². The van der Waals surface area contributed by atoms with Crippen molar-refractivity contribution in [2.45, 2.75) is 78.2 Å². The minimum absolute atomic E-state index is 0.0422. The van der Waals surface area contributed by atoms with E-state index in [9.17, 15) is 9.59 Å². The van der Waals surface area contributed by atoms with Gasteiger partial charge >= 0.3 is 0 Å². The van der Waals surface area contributed by atoms with E-state index >= 15 is 0 Å². The Hall–Kier alpha value is -3.48. The Labute approximate surface area is 239 Å². The van der Waals surface area contributed by atoms with Crippen molar-refractivity contribution in [2.24, 2.45) is 0 Å². The smallest absolute Gasteiger partial charge is 0.242 e. The third-order valence-corrected chi connectivity index (χ3v) is 7.42. The first kappa shape index (κ1) is 31.1. The van der Waals surface area contributed by atoms with Crippen molar-refractivity contribution in [3.63, 3.8) is 0 Å². The Bertz CT molecular complexity index is 1210. The van der Waals surface area contributed by atoms with Gasteiger partial charge in [0.05, 0.1) is 20.8 Å². The van der Waals surface area contributed by atoms with Crippen molar-refractivity contribution in [2.75, 3.05) is 33.9 Å². The van der Waals surface area contributed by atoms with Crippen LogP contribution >= 0.6 is 0 Å². The zero-order valence-electron chi connectivity index (χ0n) is 24.8. The molecule has 0 saturated carbocycles. The number of fused-ring (bicyclic) bond motifs is 1. The van der Waals surface area contributed by atoms with Crippen molar-refractivity contribution in [1.82, 2.24) is 14.8 Å². The number of rotatable bonds is 18. The lowest BCUT2D eigenvalue weighted by Gasteiger charge is -2.28. The van der Waals surface area contributed by atoms with Gasteiger partial charge in [0.15, 0.2) is 11.5 Å². The highest BCUT2D eigenvalue weighted by atomic mass is 16.5. The molecule has 0 unspecified atom stereocenters. The summed E-state index contributed by atoms with van der Waals surface area (Å²) in [5.74, 6) is 1.32. The second-order valence-electron chi connectivity index (χ2n) is 10.4. The summed E-state index contributed by atoms with van der Waals surface area (Å²) in [6.07, 6.45) is 10.9. The molecule has 0 aliphatic rings. The lowest BCUT2D eigenvalue weighted by Crippen LogP contribution is -2.43. The Balaban J connectivity index is 1.72. The van der Waals surface area contributed by atoms with E-state index in [0.717, 1.165) is 30.3 Å². The van der Waals surface area contributed by atoms with Crippen LogP contribution in [0.3, 0.4) is 0 Å². The first-order chi connectivity index (χ1) is 19.5. The van der Waals surface area contributed by atoms with Crippen LogP contribution in [0.15, 0.2) is 48.7 Å². The van der Waals surface area contributed by atoms with Gasteiger partial charge in [-0.25, -0.2) is 0 Å². The summed E-state index contributed by atoms with van der Waals surface area (Å²) in [5, 5.41) is 1.17. The molecule has 0 aliphatic heterocycles. The molecule has 0 fully saturated rings. The number of carbonyl (C=O) groups excluding carboxylic acids is 2. The molecule has 0 spiro atoms. The van der Waals surface area contributed by atoms with Crippen LogP contribution < -0.4 is 9.47 Å². The van der Waals surface area contributed by atoms with E-state index in [1.54, 1.807) is 19.1 Å². The van der Waals surface area contributed by atoms with Crippen molar-refractivity contribution in [3.8, 4) is 11.5 Å². The molecule has 0 atom stereocenters. The largest absolute Gasteiger partial charge is 0.493 e. The molecule has 0 bridgehead atoms. The molecule has 0 radical (unpaired) electrons. The van der Waals surface area contributed by atoms with E-state index in [-0.39, 0.29) is 18.4 Å². The predicted molar refractivity (Wildman–Crippen MR) is 162 cm³/mol. The van der Waals surface area contributed by atoms with Crippen LogP contribution in [-0.4, -0.2) is 60.5 Å². The fraction of sp³-hybridized carbons (Fsp3) is 0.515. The average molecular weight is 550 g/mol. The number of H-pyrrole nitrogens is 1. The maximum atomic E-state index is 13.8. The van der Waals surface area contributed by atoms with E-state index in [0.29, 0.717) is 44.0 Å². The Morgan fingerprint density at radius 1 is 0.800 bits per heavy atom. The second kappa shape index (κ2) is 16.6. The van der Waals surface area contributed by atoms with Crippen LogP contribution in [0.4, 0.5) is 0 Å². The molecule has 7 heteroatoms. The predicted octanol–water partition coefficient (Wildman–Crippen LogP) is 6.75. The quantitative estimate of drug-likeness (QED) is 0.178. The molecule has 1 N–H and O–H groups in total. The first-order valence-electron chi connectivity index (χ1n) is 14.8. The SMILES string of the molecule is CCCCCCCCC(=O)N(CCC)CC(=O)N(CCc1c[nH]c2ccccc12)Cc1ccc(OC)c(OC)c1. The molecule has 1 aromatic heterocycles. The highest BCUT2D eigenvalue weighted by Gasteiger charge is 2.22. The molecule has 3 aromatic rings. The Morgan fingerprint density at radius 3 is 2.30 bits per heavy atom. The van der Waals surface area contributed by atoms with Gasteiger partial charge in [-0.1, -0.05) is 70.2 Å². The summed E-state index contributed by atoms with van der Waals surface area (Å²) in [6, 6.07) is 13.9. The molecular weight excluding hydrogens is 502 g/mol. The van der Waals surface area contributed by atoms with Gasteiger partial charge in [0.1, 0.15) is 0 Å². The topological polar surface area (TPSA) is 74.9 Å². The molecule has 3 rings (SSSR count). The number of hydrogen-bond acceptors (Lipinski definition) is 4. The maximum absolute atomic E-state index is 13.8. The lowest BCUT2D eigenvalue weighted by molar-refractivity contribution is -0.141. The van der Waals surface area contributed by atoms with Gasteiger partial charge in [-0.2, -0.15) is 0 Å². The molecule has 0 aliphatic carbocycles. The van der Waals surface area contributed by atoms with Crippen LogP contribution in [-0.2, 0) is 22.6 Å². The zero-order valence-corrected chi connectivity index (χ0v) is 24.8. The van der Waals surface area contributed by atoms with Crippen molar-refractivity contribution in [1.29, 1.82) is 0 Å². The van der Waals surface area contributed by atoms with Gasteiger partial charge in [-0.3, -0.25) is 9.59 Å². The minimum atomic E-state index is -0.0422. The van der Waals surface area contributed by atoms with Gasteiger partial charge < -0.3 is 24.3 Å². The highest BCUT2D eigenvalue weighted by Crippen LogP contribution is 2.28. The molecule has 40 heavy (non-hydrogen) atoms. The summed E-state index contributed by atoms with van der Waals surface area (Å²) >= 11 is 0. The van der Waals surface area contributed by atoms with Crippen molar-refractivity contribution >= 4 is 22.7 Å². The normalized spacial score (nSPS) is 11.0. The third-order valence-electron chi connectivity index (χ3n) is 7.42. The summed E-state index contributed by atoms with van der Waals surface area (Å²) < 4.78 is 10.9. The van der Waals surface area contributed by atoms with Gasteiger partial charge in [0, 0.05) is 43.2 Å². The van der Waals surface area contributed by atoms with Crippen LogP contribution in [0.2, 0.25) is 0 Å². The van der Waals surface area contributed by atoms with Crippen molar-refractivity contribution < 1.29 is 19.1 Å². The van der Waals surface area contributed by atoms with Gasteiger partial charge in [-0.15, -0.1) is 0 Å². The van der Waals surface area contributed by atoms with Crippen molar-refractivity contribution in [3.05, 3.63) is 59.8 Å². The number of hydrogen-bond donors (Lipinski definition) is 1. The summed E-state index contributed by atoms with van der Waals surface area (Å²) in [7, 11) is 3.22. The van der Waals surface area contributed by atoms with Crippen LogP contribution in [0, 0.1) is 0 Å². The fourth-order valence-corrected chi connectivity index (χ4v) is 5.12. The lowest BCUT2D eigenvalue weighted by atomic mass is 10.1. The van der Waals surface area contributed by atoms with E-state index in [1.807, 2.05) is 48.4 Å². The summed E-state index contributed by atoms with van der Waals surface area (Å²) in [6.45, 7) is 5.91. The number of methoxy groups -OCH3 is 2. The minimum Gasteiger partial charge on any atom is -0.493 e. The van der Waals surface area contributed by atoms with E-state index in [1.165, 1.54) is 36.6 Å². The number of nitrogens with zero attached hydrogens (tertiary/aromatic N) is 2. The second-order valence-corrected chi connectivity index (χ2v) is 10.4. The number of nitrogens with one attached hydrogen (secondary N) is 1. The van der Waals surface area contributed by atoms with E-state index in [4.69, 9.17) is 9.47 Å². The average Bonchev–Trinajstić information content (AvgIpc) is 3.39. The Kier molecular flexibility index (Phi) is 12.9. The highest BCUT2D eigenvalue weighted by molar-refractivity contribution is 5.85. The zero-order chi connectivity index (χ0) is 28.7. The maximum Gasteiger partial charge on any atom is 0.242 e. The van der Waals surface area contributed by atoms with Gasteiger partial charge in [0.25, 0.3) is 0 Å². The first-order valence-corrected chi connectivity index (χ1v) is 14.8. The number of carbonyl (C=O) groups is 2. The summed E-state index contributed by atoms with van der Waals surface area (Å²) in [4.78, 5) is 33.8. The monoisotopic (exact) mass is 549 g/mol. The standard InChI is InChI=1S/C33H47N3O4/c1-5-7-8-9-10-11-16-32(37)35(20-6-2)25-33(38)36(24-26-17-18-30(39-3)31(22-26)40-4)21-19-27-23-34-29-15-13-12-14-28(27)29/h12-15,17-18,22-23,34H,5-11,16,19-21,24-25H2,1-4H3. The molecule has 0 saturated heterocycles. The molecule has 2 amide bonds. The third kappa shape index (κ3) is 9.04. The number of para-hydroxylation sites is 1. The number of ether oxygens (including phenoxy) is 2. The van der Waals surface area contributed by atoms with Crippen LogP contribution in [0.5, 0.6) is 11.5 Å². The number of amides is 2. The van der Waals surface area contributed by atoms with Gasteiger partial charge in [0.2, 0.25) is 11.8 Å². The number of aromatic nitrogens is 1. The summed E-state index contributed by atoms with van der Waals surface area (Å²) in [5.41, 5.74) is 3.21. The van der Waals surface area contributed by atoms with Crippen LogP contribution in [0.25, 0.3) is 10.9 Å². The number of unbranched alkanes of at least 4 members (excludes halogenated alkanes) is 5. The van der Waals surface area contributed by atoms with E-state index in [2.05, 4.69) is 24.0 Å². The molecule has 1 heterocycles. The molecule has 2 aromatic carbocycles. The fourth-order valence-electron chi connectivity index (χ4n) is 5.12. The number of benzene rings is 2. The van der Waals surface area contributed by atoms with E-state index < -0.39 is 0 Å². The molecule has 218 valence electrons. The van der Waals surface area contributed by atoms with Crippen LogP contribution in [0.1, 0.15) is 76.3 Å². The number of aromatic amines is 1. The molecular formula is C33H47N3O4. The Morgan fingerprint density at radius 2 is 1.55 bits per heavy atom. The molecule has 7 nitrogen and oxygen atoms in total.